The van der Waals surface area contributed by atoms with Crippen LogP contribution in [-0.2, 0) is 6.54 Å². The molecule has 18 heavy (non-hydrogen) atoms. The Morgan fingerprint density at radius 3 is 2.50 bits per heavy atom. The Hall–Kier alpha value is -1.61. The number of imidazole rings is 1. The van der Waals surface area contributed by atoms with E-state index >= 15 is 0 Å². The number of nitrogens with zero attached hydrogens (tertiary/aromatic N) is 2. The van der Waals surface area contributed by atoms with E-state index in [9.17, 15) is 0 Å². The summed E-state index contributed by atoms with van der Waals surface area (Å²) in [7, 11) is 0. The van der Waals surface area contributed by atoms with Crippen LogP contribution in [0.2, 0.25) is 0 Å². The van der Waals surface area contributed by atoms with Crippen LogP contribution < -0.4 is 5.73 Å². The van der Waals surface area contributed by atoms with Gasteiger partial charge >= 0.3 is 0 Å². The molecule has 3 nitrogen and oxygen atoms in total. The van der Waals surface area contributed by atoms with Crippen molar-refractivity contribution in [2.75, 3.05) is 0 Å². The molecule has 0 saturated heterocycles. The molecule has 0 spiro atoms. The lowest BCUT2D eigenvalue weighted by molar-refractivity contribution is 0.337. The molecule has 2 aromatic rings. The fraction of sp³-hybridized carbons (Fsp3) is 0.400. The fourth-order valence-corrected chi connectivity index (χ4v) is 2.06. The van der Waals surface area contributed by atoms with Crippen molar-refractivity contribution in [2.45, 2.75) is 33.4 Å². The van der Waals surface area contributed by atoms with Gasteiger partial charge in [-0.25, -0.2) is 4.98 Å². The Bertz CT molecular complexity index is 494. The van der Waals surface area contributed by atoms with Crippen molar-refractivity contribution in [3.05, 3.63) is 54.1 Å². The maximum atomic E-state index is 6.32. The molecule has 1 heterocycles. The van der Waals surface area contributed by atoms with Gasteiger partial charge in [0.15, 0.2) is 0 Å². The molecule has 96 valence electrons. The van der Waals surface area contributed by atoms with Crippen LogP contribution in [0.4, 0.5) is 0 Å². The molecule has 0 saturated carbocycles. The van der Waals surface area contributed by atoms with E-state index < -0.39 is 0 Å². The Labute approximate surface area is 109 Å². The zero-order valence-corrected chi connectivity index (χ0v) is 11.3. The van der Waals surface area contributed by atoms with Gasteiger partial charge in [0.05, 0.1) is 24.3 Å². The largest absolute Gasteiger partial charge is 0.332 e. The minimum atomic E-state index is -0.115. The van der Waals surface area contributed by atoms with Crippen molar-refractivity contribution in [1.82, 2.24) is 9.55 Å². The summed E-state index contributed by atoms with van der Waals surface area (Å²) in [5, 5.41) is 0. The Morgan fingerprint density at radius 1 is 1.22 bits per heavy atom. The molecular weight excluding hydrogens is 222 g/mol. The molecule has 0 aliphatic rings. The number of nitrogens with two attached hydrogens (primary N) is 1. The number of hydrogen-bond donors (Lipinski definition) is 1. The van der Waals surface area contributed by atoms with Gasteiger partial charge in [-0.1, -0.05) is 51.1 Å². The average Bonchev–Trinajstić information content (AvgIpc) is 2.75. The fourth-order valence-electron chi connectivity index (χ4n) is 2.06. The number of hydrogen-bond acceptors (Lipinski definition) is 2. The quantitative estimate of drug-likeness (QED) is 0.900. The van der Waals surface area contributed by atoms with Gasteiger partial charge in [0, 0.05) is 6.54 Å². The Morgan fingerprint density at radius 2 is 1.89 bits per heavy atom. The first kappa shape index (κ1) is 12.8. The van der Waals surface area contributed by atoms with E-state index in [1.165, 1.54) is 0 Å². The van der Waals surface area contributed by atoms with Crippen molar-refractivity contribution < 1.29 is 0 Å². The van der Waals surface area contributed by atoms with Crippen molar-refractivity contribution in [2.24, 2.45) is 11.1 Å². The van der Waals surface area contributed by atoms with Crippen LogP contribution >= 0.6 is 0 Å². The number of rotatable bonds is 3. The highest BCUT2D eigenvalue weighted by atomic mass is 15.1. The van der Waals surface area contributed by atoms with Gasteiger partial charge in [-0.05, 0) is 11.0 Å². The standard InChI is InChI=1S/C15H21N3/c1-15(2,3)10-18-11-17-9-13(18)14(16)12-7-5-4-6-8-12/h4-9,11,14H,10,16H2,1-3H3. The molecule has 3 heteroatoms. The molecule has 0 aliphatic carbocycles. The molecule has 2 N–H and O–H groups in total. The lowest BCUT2D eigenvalue weighted by Crippen LogP contribution is -2.21. The maximum absolute atomic E-state index is 6.32. The molecule has 1 aromatic carbocycles. The summed E-state index contributed by atoms with van der Waals surface area (Å²) < 4.78 is 2.15. The van der Waals surface area contributed by atoms with E-state index in [4.69, 9.17) is 5.73 Å². The van der Waals surface area contributed by atoms with Gasteiger partial charge in [0.25, 0.3) is 0 Å². The molecule has 0 radical (unpaired) electrons. The first-order valence-electron chi connectivity index (χ1n) is 6.28. The zero-order valence-electron chi connectivity index (χ0n) is 11.3. The van der Waals surface area contributed by atoms with E-state index in [-0.39, 0.29) is 11.5 Å². The highest BCUT2D eigenvalue weighted by Crippen LogP contribution is 2.23. The van der Waals surface area contributed by atoms with Gasteiger partial charge < -0.3 is 10.3 Å². The minimum Gasteiger partial charge on any atom is -0.332 e. The minimum absolute atomic E-state index is 0.115. The average molecular weight is 243 g/mol. The maximum Gasteiger partial charge on any atom is 0.0948 e. The second-order valence-electron chi connectivity index (χ2n) is 5.90. The topological polar surface area (TPSA) is 43.8 Å². The molecule has 0 aliphatic heterocycles. The second kappa shape index (κ2) is 4.94. The monoisotopic (exact) mass is 243 g/mol. The third-order valence-corrected chi connectivity index (χ3v) is 2.87. The number of benzene rings is 1. The molecule has 0 bridgehead atoms. The van der Waals surface area contributed by atoms with Crippen molar-refractivity contribution in [1.29, 1.82) is 0 Å². The second-order valence-corrected chi connectivity index (χ2v) is 5.90. The summed E-state index contributed by atoms with van der Waals surface area (Å²) in [4.78, 5) is 4.24. The summed E-state index contributed by atoms with van der Waals surface area (Å²) in [6.45, 7) is 7.56. The van der Waals surface area contributed by atoms with Gasteiger partial charge in [0.2, 0.25) is 0 Å². The molecule has 2 rings (SSSR count). The molecule has 0 amide bonds. The lowest BCUT2D eigenvalue weighted by Gasteiger charge is -2.22. The third kappa shape index (κ3) is 2.99. The van der Waals surface area contributed by atoms with Crippen LogP contribution in [0.1, 0.15) is 38.1 Å². The summed E-state index contributed by atoms with van der Waals surface area (Å²) >= 11 is 0. The number of aromatic nitrogens is 2. The van der Waals surface area contributed by atoms with E-state index in [0.29, 0.717) is 0 Å². The van der Waals surface area contributed by atoms with Crippen molar-refractivity contribution in [3.63, 3.8) is 0 Å². The van der Waals surface area contributed by atoms with Crippen LogP contribution in [0.15, 0.2) is 42.9 Å². The predicted molar refractivity (Wildman–Crippen MR) is 74.2 cm³/mol. The zero-order chi connectivity index (χ0) is 13.2. The third-order valence-electron chi connectivity index (χ3n) is 2.87. The van der Waals surface area contributed by atoms with Gasteiger partial charge in [-0.3, -0.25) is 0 Å². The van der Waals surface area contributed by atoms with Crippen LogP contribution in [0.3, 0.4) is 0 Å². The van der Waals surface area contributed by atoms with Crippen molar-refractivity contribution in [3.8, 4) is 0 Å². The lowest BCUT2D eigenvalue weighted by atomic mass is 9.96. The summed E-state index contributed by atoms with van der Waals surface area (Å²) in [6, 6.07) is 10.0. The smallest absolute Gasteiger partial charge is 0.0948 e. The van der Waals surface area contributed by atoms with Crippen LogP contribution in [0.25, 0.3) is 0 Å². The Kier molecular flexibility index (Phi) is 3.53. The van der Waals surface area contributed by atoms with E-state index in [1.807, 2.05) is 30.7 Å². The highest BCUT2D eigenvalue weighted by molar-refractivity contribution is 5.26. The van der Waals surface area contributed by atoms with Gasteiger partial charge in [-0.2, -0.15) is 0 Å². The molecule has 1 unspecified atom stereocenters. The summed E-state index contributed by atoms with van der Waals surface area (Å²) in [5.74, 6) is 0. The first-order chi connectivity index (χ1) is 8.47. The molecule has 0 fully saturated rings. The SMILES string of the molecule is CC(C)(C)Cn1cncc1C(N)c1ccccc1. The normalized spacial score (nSPS) is 13.6. The summed E-state index contributed by atoms with van der Waals surface area (Å²) in [6.07, 6.45) is 3.73. The van der Waals surface area contributed by atoms with Gasteiger partial charge in [-0.15, -0.1) is 0 Å². The predicted octanol–water partition coefficient (Wildman–Crippen LogP) is 2.98. The first-order valence-corrected chi connectivity index (χ1v) is 6.28. The van der Waals surface area contributed by atoms with Crippen molar-refractivity contribution >= 4 is 0 Å². The Balaban J connectivity index is 2.27. The van der Waals surface area contributed by atoms with Crippen LogP contribution in [0.5, 0.6) is 0 Å². The molecule has 1 atom stereocenters. The van der Waals surface area contributed by atoms with E-state index in [2.05, 4.69) is 42.5 Å². The van der Waals surface area contributed by atoms with E-state index in [0.717, 1.165) is 17.8 Å². The van der Waals surface area contributed by atoms with Gasteiger partial charge in [0.1, 0.15) is 0 Å². The highest BCUT2D eigenvalue weighted by Gasteiger charge is 2.17. The van der Waals surface area contributed by atoms with E-state index in [1.54, 1.807) is 0 Å². The molecular formula is C15H21N3. The molecule has 1 aromatic heterocycles. The summed E-state index contributed by atoms with van der Waals surface area (Å²) in [5.41, 5.74) is 8.72. The van der Waals surface area contributed by atoms with Crippen LogP contribution in [0, 0.1) is 5.41 Å². The van der Waals surface area contributed by atoms with Crippen LogP contribution in [-0.4, -0.2) is 9.55 Å².